The van der Waals surface area contributed by atoms with Crippen LogP contribution in [-0.2, 0) is 4.79 Å². The lowest BCUT2D eigenvalue weighted by atomic mass is 10.1. The first-order valence-electron chi connectivity index (χ1n) is 8.48. The molecule has 1 aromatic heterocycles. The van der Waals surface area contributed by atoms with Gasteiger partial charge in [0.1, 0.15) is 11.1 Å². The van der Waals surface area contributed by atoms with Crippen LogP contribution < -0.4 is 10.2 Å². The van der Waals surface area contributed by atoms with E-state index in [2.05, 4.69) is 16.4 Å². The first-order chi connectivity index (χ1) is 13.0. The van der Waals surface area contributed by atoms with Gasteiger partial charge in [-0.15, -0.1) is 0 Å². The third-order valence-corrected chi connectivity index (χ3v) is 5.13. The SMILES string of the molecule is Cc1cccc2cc(C#N)c(SCC(=O)Nc3ccc(N(C)C)cc3)nc12. The van der Waals surface area contributed by atoms with Crippen LogP contribution in [0.4, 0.5) is 11.4 Å². The Balaban J connectivity index is 1.71. The maximum absolute atomic E-state index is 12.3. The normalized spacial score (nSPS) is 10.4. The number of hydrogen-bond acceptors (Lipinski definition) is 5. The number of hydrogen-bond donors (Lipinski definition) is 1. The van der Waals surface area contributed by atoms with Gasteiger partial charge in [0.05, 0.1) is 16.8 Å². The second kappa shape index (κ2) is 8.11. The minimum atomic E-state index is -0.131. The summed E-state index contributed by atoms with van der Waals surface area (Å²) in [5, 5.41) is 13.8. The molecular formula is C21H20N4OS. The standard InChI is InChI=1S/C21H20N4OS/c1-14-5-4-6-15-11-16(12-22)21(24-20(14)15)27-13-19(26)23-17-7-9-18(10-8-17)25(2)3/h4-11H,13H2,1-3H3,(H,23,26). The van der Waals surface area contributed by atoms with Crippen LogP contribution in [0.1, 0.15) is 11.1 Å². The highest BCUT2D eigenvalue weighted by Crippen LogP contribution is 2.26. The number of rotatable bonds is 5. The van der Waals surface area contributed by atoms with Gasteiger partial charge in [-0.05, 0) is 42.8 Å². The van der Waals surface area contributed by atoms with E-state index in [0.717, 1.165) is 27.8 Å². The van der Waals surface area contributed by atoms with Crippen molar-refractivity contribution >= 4 is 39.9 Å². The smallest absolute Gasteiger partial charge is 0.234 e. The van der Waals surface area contributed by atoms with Crippen LogP contribution in [-0.4, -0.2) is 30.7 Å². The van der Waals surface area contributed by atoms with Crippen molar-refractivity contribution in [3.05, 3.63) is 59.7 Å². The highest BCUT2D eigenvalue weighted by atomic mass is 32.2. The van der Waals surface area contributed by atoms with E-state index >= 15 is 0 Å². The Morgan fingerprint density at radius 1 is 1.22 bits per heavy atom. The van der Waals surface area contributed by atoms with Gasteiger partial charge in [-0.1, -0.05) is 30.0 Å². The Hall–Kier alpha value is -3.04. The van der Waals surface area contributed by atoms with Crippen LogP contribution >= 0.6 is 11.8 Å². The summed E-state index contributed by atoms with van der Waals surface area (Å²) in [6, 6.07) is 17.5. The molecule has 3 rings (SSSR count). The van der Waals surface area contributed by atoms with Crippen LogP contribution in [0.25, 0.3) is 10.9 Å². The number of carbonyl (C=O) groups is 1. The van der Waals surface area contributed by atoms with Crippen molar-refractivity contribution in [2.24, 2.45) is 0 Å². The largest absolute Gasteiger partial charge is 0.378 e. The summed E-state index contributed by atoms with van der Waals surface area (Å²) in [5.41, 5.74) is 4.20. The fourth-order valence-corrected chi connectivity index (χ4v) is 3.45. The molecule has 27 heavy (non-hydrogen) atoms. The topological polar surface area (TPSA) is 69.0 Å². The number of para-hydroxylation sites is 1. The van der Waals surface area contributed by atoms with Crippen molar-refractivity contribution in [3.8, 4) is 6.07 Å². The van der Waals surface area contributed by atoms with Gasteiger partial charge in [-0.3, -0.25) is 4.79 Å². The minimum Gasteiger partial charge on any atom is -0.378 e. The number of aryl methyl sites for hydroxylation is 1. The molecule has 136 valence electrons. The quantitative estimate of drug-likeness (QED) is 0.676. The van der Waals surface area contributed by atoms with Crippen molar-refractivity contribution in [2.45, 2.75) is 11.9 Å². The molecule has 3 aromatic rings. The molecule has 0 spiro atoms. The molecule has 0 fully saturated rings. The molecule has 0 radical (unpaired) electrons. The molecule has 0 bridgehead atoms. The van der Waals surface area contributed by atoms with Crippen molar-refractivity contribution in [1.82, 2.24) is 4.98 Å². The summed E-state index contributed by atoms with van der Waals surface area (Å²) in [5.74, 6) is 0.0577. The molecule has 5 nitrogen and oxygen atoms in total. The molecule has 0 saturated heterocycles. The van der Waals surface area contributed by atoms with Gasteiger partial charge in [0.2, 0.25) is 5.91 Å². The van der Waals surface area contributed by atoms with E-state index < -0.39 is 0 Å². The Kier molecular flexibility index (Phi) is 5.63. The zero-order chi connectivity index (χ0) is 19.4. The zero-order valence-corrected chi connectivity index (χ0v) is 16.3. The lowest BCUT2D eigenvalue weighted by molar-refractivity contribution is -0.113. The number of nitrogens with one attached hydrogen (secondary N) is 1. The molecule has 1 N–H and O–H groups in total. The van der Waals surface area contributed by atoms with E-state index in [1.54, 1.807) is 0 Å². The van der Waals surface area contributed by atoms with Crippen molar-refractivity contribution in [2.75, 3.05) is 30.1 Å². The van der Waals surface area contributed by atoms with Crippen LogP contribution in [0.5, 0.6) is 0 Å². The van der Waals surface area contributed by atoms with E-state index in [1.165, 1.54) is 11.8 Å². The molecule has 0 atom stereocenters. The Bertz CT molecular complexity index is 1020. The minimum absolute atomic E-state index is 0.131. The van der Waals surface area contributed by atoms with Crippen LogP contribution in [0.3, 0.4) is 0 Å². The summed E-state index contributed by atoms with van der Waals surface area (Å²) in [4.78, 5) is 18.9. The predicted molar refractivity (Wildman–Crippen MR) is 111 cm³/mol. The lowest BCUT2D eigenvalue weighted by Gasteiger charge is -2.13. The van der Waals surface area contributed by atoms with Gasteiger partial charge in [-0.25, -0.2) is 4.98 Å². The lowest BCUT2D eigenvalue weighted by Crippen LogP contribution is -2.14. The summed E-state index contributed by atoms with van der Waals surface area (Å²) >= 11 is 1.28. The number of benzene rings is 2. The van der Waals surface area contributed by atoms with Gasteiger partial charge < -0.3 is 10.2 Å². The highest BCUT2D eigenvalue weighted by Gasteiger charge is 2.11. The van der Waals surface area contributed by atoms with Crippen molar-refractivity contribution in [1.29, 1.82) is 5.26 Å². The molecule has 0 aliphatic carbocycles. The van der Waals surface area contributed by atoms with Gasteiger partial charge in [0, 0.05) is 30.9 Å². The van der Waals surface area contributed by atoms with E-state index in [9.17, 15) is 10.1 Å². The first kappa shape index (κ1) is 18.7. The fraction of sp³-hybridized carbons (Fsp3) is 0.190. The maximum atomic E-state index is 12.3. The van der Waals surface area contributed by atoms with Gasteiger partial charge in [-0.2, -0.15) is 5.26 Å². The molecule has 1 heterocycles. The van der Waals surface area contributed by atoms with E-state index in [0.29, 0.717) is 10.6 Å². The second-order valence-corrected chi connectivity index (χ2v) is 7.34. The summed E-state index contributed by atoms with van der Waals surface area (Å²) in [6.07, 6.45) is 0. The summed E-state index contributed by atoms with van der Waals surface area (Å²) in [6.45, 7) is 1.99. The van der Waals surface area contributed by atoms with Crippen LogP contribution in [0.15, 0.2) is 53.6 Å². The third kappa shape index (κ3) is 4.39. The Morgan fingerprint density at radius 3 is 2.63 bits per heavy atom. The van der Waals surface area contributed by atoms with E-state index in [-0.39, 0.29) is 11.7 Å². The molecule has 0 aliphatic rings. The number of fused-ring (bicyclic) bond motifs is 1. The van der Waals surface area contributed by atoms with Crippen LogP contribution in [0.2, 0.25) is 0 Å². The van der Waals surface area contributed by atoms with Gasteiger partial charge in [0.15, 0.2) is 0 Å². The molecule has 0 aliphatic heterocycles. The number of nitrogens with zero attached hydrogens (tertiary/aromatic N) is 3. The Labute approximate surface area is 163 Å². The summed E-state index contributed by atoms with van der Waals surface area (Å²) < 4.78 is 0. The fourth-order valence-electron chi connectivity index (χ4n) is 2.69. The van der Waals surface area contributed by atoms with Gasteiger partial charge in [0.25, 0.3) is 0 Å². The molecule has 1 amide bonds. The highest BCUT2D eigenvalue weighted by molar-refractivity contribution is 8.00. The second-order valence-electron chi connectivity index (χ2n) is 6.38. The number of pyridine rings is 1. The molecule has 0 saturated carbocycles. The third-order valence-electron chi connectivity index (χ3n) is 4.14. The van der Waals surface area contributed by atoms with E-state index in [4.69, 9.17) is 0 Å². The monoisotopic (exact) mass is 376 g/mol. The average molecular weight is 376 g/mol. The molecular weight excluding hydrogens is 356 g/mol. The number of amides is 1. The zero-order valence-electron chi connectivity index (χ0n) is 15.5. The predicted octanol–water partition coefficient (Wildman–Crippen LogP) is 4.21. The molecule has 2 aromatic carbocycles. The average Bonchev–Trinajstić information content (AvgIpc) is 2.66. The Morgan fingerprint density at radius 2 is 1.96 bits per heavy atom. The van der Waals surface area contributed by atoms with E-state index in [1.807, 2.05) is 74.4 Å². The van der Waals surface area contributed by atoms with Crippen LogP contribution in [0, 0.1) is 18.3 Å². The van der Waals surface area contributed by atoms with Crippen molar-refractivity contribution < 1.29 is 4.79 Å². The maximum Gasteiger partial charge on any atom is 0.234 e. The molecule has 0 unspecified atom stereocenters. The summed E-state index contributed by atoms with van der Waals surface area (Å²) in [7, 11) is 3.94. The number of anilines is 2. The van der Waals surface area contributed by atoms with Crippen molar-refractivity contribution in [3.63, 3.8) is 0 Å². The number of thioether (sulfide) groups is 1. The number of nitriles is 1. The number of carbonyl (C=O) groups excluding carboxylic acids is 1. The van der Waals surface area contributed by atoms with Gasteiger partial charge >= 0.3 is 0 Å². The first-order valence-corrected chi connectivity index (χ1v) is 9.47. The number of aromatic nitrogens is 1. The molecule has 6 heteroatoms.